The molecule has 1 amide bonds. The van der Waals surface area contributed by atoms with Crippen LogP contribution in [0.2, 0.25) is 0 Å². The molecule has 0 radical (unpaired) electrons. The van der Waals surface area contributed by atoms with Crippen LogP contribution in [0.15, 0.2) is 65.8 Å². The topological polar surface area (TPSA) is 68.5 Å². The molecular weight excluding hydrogens is 396 g/mol. The number of rotatable bonds is 6. The van der Waals surface area contributed by atoms with Crippen molar-refractivity contribution in [3.05, 3.63) is 71.9 Å². The summed E-state index contributed by atoms with van der Waals surface area (Å²) < 4.78 is 6.94. The molecular formula is C23H22N4O2S. The van der Waals surface area contributed by atoms with Crippen LogP contribution in [0.25, 0.3) is 16.9 Å². The zero-order chi connectivity index (χ0) is 21.1. The van der Waals surface area contributed by atoms with Crippen molar-refractivity contribution in [3.63, 3.8) is 0 Å². The Bertz CT molecular complexity index is 1180. The van der Waals surface area contributed by atoms with Gasteiger partial charge in [0.05, 0.1) is 24.8 Å². The van der Waals surface area contributed by atoms with E-state index >= 15 is 0 Å². The van der Waals surface area contributed by atoms with E-state index in [-0.39, 0.29) is 11.7 Å². The Balaban J connectivity index is 1.43. The van der Waals surface area contributed by atoms with E-state index in [0.29, 0.717) is 0 Å². The van der Waals surface area contributed by atoms with Crippen LogP contribution in [0, 0.1) is 13.8 Å². The van der Waals surface area contributed by atoms with Crippen molar-refractivity contribution in [3.8, 4) is 17.0 Å². The molecule has 0 aliphatic carbocycles. The molecule has 0 fully saturated rings. The Morgan fingerprint density at radius 3 is 2.50 bits per heavy atom. The van der Waals surface area contributed by atoms with Gasteiger partial charge in [-0.2, -0.15) is 5.10 Å². The molecule has 0 spiro atoms. The van der Waals surface area contributed by atoms with Crippen molar-refractivity contribution in [1.29, 1.82) is 0 Å². The number of methoxy groups -OCH3 is 1. The third kappa shape index (κ3) is 4.63. The second-order valence-corrected chi connectivity index (χ2v) is 8.04. The number of aromatic nitrogens is 3. The van der Waals surface area contributed by atoms with E-state index in [1.54, 1.807) is 11.6 Å². The molecule has 1 N–H and O–H groups in total. The first-order chi connectivity index (χ1) is 14.5. The normalized spacial score (nSPS) is 10.9. The summed E-state index contributed by atoms with van der Waals surface area (Å²) in [7, 11) is 1.64. The van der Waals surface area contributed by atoms with Gasteiger partial charge in [-0.3, -0.25) is 4.79 Å². The van der Waals surface area contributed by atoms with Crippen LogP contribution < -0.4 is 10.1 Å². The molecule has 0 atom stereocenters. The highest BCUT2D eigenvalue weighted by molar-refractivity contribution is 7.99. The lowest BCUT2D eigenvalue weighted by Gasteiger charge is -2.07. The van der Waals surface area contributed by atoms with E-state index < -0.39 is 0 Å². The van der Waals surface area contributed by atoms with Crippen molar-refractivity contribution < 1.29 is 9.53 Å². The molecule has 0 saturated carbocycles. The number of nitrogens with one attached hydrogen (secondary N) is 1. The van der Waals surface area contributed by atoms with Crippen LogP contribution >= 0.6 is 11.8 Å². The molecule has 0 aliphatic heterocycles. The SMILES string of the molecule is COc1ccc(-c2cn3nc(SCC(=O)Nc4cc(C)cc(C)c4)ccc3n2)cc1. The van der Waals surface area contributed by atoms with Crippen LogP contribution in [-0.4, -0.2) is 33.4 Å². The monoisotopic (exact) mass is 418 g/mol. The maximum absolute atomic E-state index is 12.3. The fourth-order valence-electron chi connectivity index (χ4n) is 3.23. The Kier molecular flexibility index (Phi) is 5.72. The molecule has 0 unspecified atom stereocenters. The maximum atomic E-state index is 12.3. The van der Waals surface area contributed by atoms with Gasteiger partial charge in [-0.05, 0) is 73.5 Å². The number of imidazole rings is 1. The summed E-state index contributed by atoms with van der Waals surface area (Å²) in [5.41, 5.74) is 5.64. The predicted molar refractivity (Wildman–Crippen MR) is 120 cm³/mol. The number of fused-ring (bicyclic) bond motifs is 1. The predicted octanol–water partition coefficient (Wildman–Crippen LogP) is 4.75. The summed E-state index contributed by atoms with van der Waals surface area (Å²) in [6.45, 7) is 4.03. The van der Waals surface area contributed by atoms with E-state index in [0.717, 1.165) is 44.5 Å². The number of carbonyl (C=O) groups is 1. The Labute approximate surface area is 179 Å². The van der Waals surface area contributed by atoms with Crippen LogP contribution in [0.4, 0.5) is 5.69 Å². The van der Waals surface area contributed by atoms with Gasteiger partial charge in [0.2, 0.25) is 5.91 Å². The lowest BCUT2D eigenvalue weighted by molar-refractivity contribution is -0.113. The minimum atomic E-state index is -0.0588. The van der Waals surface area contributed by atoms with Crippen molar-refractivity contribution in [2.75, 3.05) is 18.2 Å². The average molecular weight is 419 g/mol. The molecule has 2 heterocycles. The summed E-state index contributed by atoms with van der Waals surface area (Å²) in [5.74, 6) is 1.03. The number of hydrogen-bond acceptors (Lipinski definition) is 5. The Morgan fingerprint density at radius 2 is 1.80 bits per heavy atom. The second-order valence-electron chi connectivity index (χ2n) is 7.04. The molecule has 6 nitrogen and oxygen atoms in total. The van der Waals surface area contributed by atoms with Crippen molar-refractivity contribution in [1.82, 2.24) is 14.6 Å². The summed E-state index contributed by atoms with van der Waals surface area (Å²) >= 11 is 1.39. The Morgan fingerprint density at radius 1 is 1.07 bits per heavy atom. The first kappa shape index (κ1) is 20.0. The minimum absolute atomic E-state index is 0.0588. The highest BCUT2D eigenvalue weighted by atomic mass is 32.2. The third-order valence-electron chi connectivity index (χ3n) is 4.54. The van der Waals surface area contributed by atoms with Gasteiger partial charge in [-0.15, -0.1) is 0 Å². The minimum Gasteiger partial charge on any atom is -0.497 e. The lowest BCUT2D eigenvalue weighted by Crippen LogP contribution is -2.14. The van der Waals surface area contributed by atoms with Crippen LogP contribution in [0.5, 0.6) is 5.75 Å². The molecule has 0 bridgehead atoms. The highest BCUT2D eigenvalue weighted by Gasteiger charge is 2.09. The van der Waals surface area contributed by atoms with Crippen molar-refractivity contribution in [2.45, 2.75) is 18.9 Å². The van der Waals surface area contributed by atoms with E-state index in [2.05, 4.69) is 21.5 Å². The van der Waals surface area contributed by atoms with E-state index in [1.165, 1.54) is 11.8 Å². The summed E-state index contributed by atoms with van der Waals surface area (Å²) in [5, 5.41) is 8.28. The fraction of sp³-hybridized carbons (Fsp3) is 0.174. The average Bonchev–Trinajstić information content (AvgIpc) is 3.15. The zero-order valence-electron chi connectivity index (χ0n) is 17.0. The second kappa shape index (κ2) is 8.59. The van der Waals surface area contributed by atoms with Gasteiger partial charge < -0.3 is 10.1 Å². The number of benzene rings is 2. The molecule has 152 valence electrons. The third-order valence-corrected chi connectivity index (χ3v) is 5.46. The number of amides is 1. The molecule has 2 aromatic heterocycles. The van der Waals surface area contributed by atoms with Crippen LogP contribution in [-0.2, 0) is 4.79 Å². The van der Waals surface area contributed by atoms with Crippen LogP contribution in [0.3, 0.4) is 0 Å². The van der Waals surface area contributed by atoms with Crippen LogP contribution in [0.1, 0.15) is 11.1 Å². The Hall–Kier alpha value is -3.32. The first-order valence-electron chi connectivity index (χ1n) is 9.52. The van der Waals surface area contributed by atoms with Gasteiger partial charge >= 0.3 is 0 Å². The van der Waals surface area contributed by atoms with Gasteiger partial charge in [-0.25, -0.2) is 9.50 Å². The highest BCUT2D eigenvalue weighted by Crippen LogP contribution is 2.23. The summed E-state index contributed by atoms with van der Waals surface area (Å²) in [6.07, 6.45) is 1.89. The molecule has 0 aliphatic rings. The van der Waals surface area contributed by atoms with Gasteiger partial charge in [0, 0.05) is 11.3 Å². The molecule has 30 heavy (non-hydrogen) atoms. The number of carbonyl (C=O) groups excluding carboxylic acids is 1. The number of hydrogen-bond donors (Lipinski definition) is 1. The molecule has 4 rings (SSSR count). The lowest BCUT2D eigenvalue weighted by atomic mass is 10.1. The van der Waals surface area contributed by atoms with Gasteiger partial charge in [-0.1, -0.05) is 17.8 Å². The smallest absolute Gasteiger partial charge is 0.234 e. The zero-order valence-corrected chi connectivity index (χ0v) is 17.9. The number of anilines is 1. The van der Waals surface area contributed by atoms with Gasteiger partial charge in [0.25, 0.3) is 0 Å². The standard InChI is InChI=1S/C23H22N4O2S/c1-15-10-16(2)12-18(11-15)24-22(28)14-30-23-9-8-21-25-20(13-27(21)26-23)17-4-6-19(29-3)7-5-17/h4-13H,14H2,1-3H3,(H,24,28). The molecule has 4 aromatic rings. The van der Waals surface area contributed by atoms with Gasteiger partial charge in [0.15, 0.2) is 5.65 Å². The molecule has 7 heteroatoms. The number of ether oxygens (including phenoxy) is 1. The quantitative estimate of drug-likeness (QED) is 0.458. The molecule has 0 saturated heterocycles. The maximum Gasteiger partial charge on any atom is 0.234 e. The fourth-order valence-corrected chi connectivity index (χ4v) is 3.89. The number of aryl methyl sites for hydroxylation is 2. The number of thioether (sulfide) groups is 1. The first-order valence-corrected chi connectivity index (χ1v) is 10.5. The van der Waals surface area contributed by atoms with Gasteiger partial charge in [0.1, 0.15) is 10.8 Å². The van der Waals surface area contributed by atoms with E-state index in [4.69, 9.17) is 4.74 Å². The number of nitrogens with zero attached hydrogens (tertiary/aromatic N) is 3. The molecule has 2 aromatic carbocycles. The summed E-state index contributed by atoms with van der Waals surface area (Å²) in [6, 6.07) is 17.5. The van der Waals surface area contributed by atoms with E-state index in [1.807, 2.05) is 68.6 Å². The van der Waals surface area contributed by atoms with E-state index in [9.17, 15) is 4.79 Å². The largest absolute Gasteiger partial charge is 0.497 e. The van der Waals surface area contributed by atoms with Crippen molar-refractivity contribution in [2.24, 2.45) is 0 Å². The van der Waals surface area contributed by atoms with Crippen molar-refractivity contribution >= 4 is 29.0 Å². The summed E-state index contributed by atoms with van der Waals surface area (Å²) in [4.78, 5) is 16.9.